The number of nitrogens with one attached hydrogen (secondary N) is 2. The smallest absolute Gasteiger partial charge is 0.266 e. The van der Waals surface area contributed by atoms with Crippen LogP contribution >= 0.6 is 11.3 Å². The van der Waals surface area contributed by atoms with E-state index in [2.05, 4.69) is 15.6 Å². The van der Waals surface area contributed by atoms with Crippen LogP contribution in [0.3, 0.4) is 0 Å². The van der Waals surface area contributed by atoms with E-state index in [0.717, 1.165) is 33.7 Å². The topological polar surface area (TPSA) is 101 Å². The highest BCUT2D eigenvalue weighted by Crippen LogP contribution is 2.39. The Bertz CT molecular complexity index is 1950. The molecule has 2 N–H and O–H groups in total. The minimum atomic E-state index is -1.43. The van der Waals surface area contributed by atoms with Gasteiger partial charge in [0.2, 0.25) is 11.7 Å². The molecule has 4 aromatic carbocycles. The molecule has 7 nitrogen and oxygen atoms in total. The minimum Gasteiger partial charge on any atom is -0.434 e. The largest absolute Gasteiger partial charge is 0.434 e. The molecule has 10 heteroatoms. The number of Topliss-reactive ketones (excluding diaryl/α,β-unsaturated/α-hetero) is 1. The maximum Gasteiger partial charge on any atom is 0.266 e. The molecule has 0 unspecified atom stereocenters. The Morgan fingerprint density at radius 2 is 1.43 bits per heavy atom. The predicted molar refractivity (Wildman–Crippen MR) is 177 cm³/mol. The number of halogens is 2. The third-order valence-corrected chi connectivity index (χ3v) is 8.90. The maximum atomic E-state index is 14.8. The quantitative estimate of drug-likeness (QED) is 0.141. The van der Waals surface area contributed by atoms with Crippen molar-refractivity contribution >= 4 is 40.0 Å². The lowest BCUT2D eigenvalue weighted by molar-refractivity contribution is -0.123. The first-order valence-electron chi connectivity index (χ1n) is 15.0. The SMILES string of the molecule is CC[C@H](NC(=O)[C@H](Cc1c(F)cccc1F)NC(=O)c1cc(-c2ccccc2)c(-c2ccccc2)s1)C(=O)c1nc2ccccc2o1. The summed E-state index contributed by atoms with van der Waals surface area (Å²) in [5, 5.41) is 5.33. The number of para-hydroxylation sites is 2. The number of ketones is 1. The molecule has 0 saturated carbocycles. The lowest BCUT2D eigenvalue weighted by Crippen LogP contribution is -2.52. The first-order chi connectivity index (χ1) is 22.8. The average Bonchev–Trinajstić information content (AvgIpc) is 3.74. The fraction of sp³-hybridized carbons (Fsp3) is 0.135. The Balaban J connectivity index is 1.30. The van der Waals surface area contributed by atoms with Gasteiger partial charge in [0, 0.05) is 22.4 Å². The molecule has 6 aromatic rings. The summed E-state index contributed by atoms with van der Waals surface area (Å²) in [6, 6.07) is 28.6. The highest BCUT2D eigenvalue weighted by molar-refractivity contribution is 7.18. The van der Waals surface area contributed by atoms with Crippen LogP contribution in [0.5, 0.6) is 0 Å². The van der Waals surface area contributed by atoms with E-state index >= 15 is 0 Å². The van der Waals surface area contributed by atoms with Gasteiger partial charge in [-0.05, 0) is 47.9 Å². The Morgan fingerprint density at radius 3 is 2.09 bits per heavy atom. The third kappa shape index (κ3) is 6.87. The summed E-state index contributed by atoms with van der Waals surface area (Å²) < 4.78 is 35.2. The molecule has 6 rings (SSSR count). The molecule has 0 fully saturated rings. The van der Waals surface area contributed by atoms with Crippen LogP contribution in [-0.2, 0) is 11.2 Å². The number of fused-ring (bicyclic) bond motifs is 1. The zero-order valence-corrected chi connectivity index (χ0v) is 26.0. The summed E-state index contributed by atoms with van der Waals surface area (Å²) in [6.45, 7) is 1.69. The highest BCUT2D eigenvalue weighted by atomic mass is 32.1. The fourth-order valence-electron chi connectivity index (χ4n) is 5.26. The van der Waals surface area contributed by atoms with Crippen LogP contribution in [0, 0.1) is 11.6 Å². The van der Waals surface area contributed by atoms with Crippen molar-refractivity contribution in [2.45, 2.75) is 31.8 Å². The zero-order valence-electron chi connectivity index (χ0n) is 25.2. The standard InChI is InChI=1S/C37H29F2N3O4S/c1-2-28(33(43)37-42-29-18-9-10-19-31(29)46-37)40-35(44)30(20-25-26(38)16-11-17-27(25)39)41-36(45)32-21-24(22-12-5-3-6-13-22)34(47-32)23-14-7-4-8-15-23/h3-19,21,28,30H,2,20H2,1H3,(H,40,44)(H,41,45)/t28-,30-/m0/s1. The first kappa shape index (κ1) is 31.5. The molecule has 0 aliphatic carbocycles. The van der Waals surface area contributed by atoms with Gasteiger partial charge in [0.25, 0.3) is 11.8 Å². The lowest BCUT2D eigenvalue weighted by Gasteiger charge is -2.22. The van der Waals surface area contributed by atoms with Gasteiger partial charge < -0.3 is 15.1 Å². The molecular formula is C37H29F2N3O4S. The predicted octanol–water partition coefficient (Wildman–Crippen LogP) is 7.62. The summed E-state index contributed by atoms with van der Waals surface area (Å²) in [4.78, 5) is 46.3. The molecule has 0 aliphatic heterocycles. The van der Waals surface area contributed by atoms with Gasteiger partial charge in [-0.25, -0.2) is 13.8 Å². The van der Waals surface area contributed by atoms with Gasteiger partial charge in [-0.3, -0.25) is 14.4 Å². The first-order valence-corrected chi connectivity index (χ1v) is 15.8. The number of nitrogens with zero attached hydrogens (tertiary/aromatic N) is 1. The van der Waals surface area contributed by atoms with Crippen molar-refractivity contribution in [1.82, 2.24) is 15.6 Å². The van der Waals surface area contributed by atoms with E-state index < -0.39 is 47.7 Å². The van der Waals surface area contributed by atoms with E-state index in [1.54, 1.807) is 37.3 Å². The van der Waals surface area contributed by atoms with Crippen LogP contribution in [0.25, 0.3) is 32.7 Å². The Hall–Kier alpha value is -5.48. The Morgan fingerprint density at radius 1 is 0.787 bits per heavy atom. The summed E-state index contributed by atoms with van der Waals surface area (Å²) in [5.41, 5.74) is 3.15. The van der Waals surface area contributed by atoms with Gasteiger partial charge in [0.05, 0.1) is 10.9 Å². The van der Waals surface area contributed by atoms with Crippen LogP contribution in [0.15, 0.2) is 114 Å². The molecule has 2 amide bonds. The van der Waals surface area contributed by atoms with Crippen molar-refractivity contribution in [2.24, 2.45) is 0 Å². The second kappa shape index (κ2) is 13.9. The van der Waals surface area contributed by atoms with Crippen LogP contribution in [0.2, 0.25) is 0 Å². The van der Waals surface area contributed by atoms with Gasteiger partial charge >= 0.3 is 0 Å². The second-order valence-electron chi connectivity index (χ2n) is 10.8. The fourth-order valence-corrected chi connectivity index (χ4v) is 6.35. The Labute approximate surface area is 273 Å². The zero-order chi connectivity index (χ0) is 32.9. The monoisotopic (exact) mass is 649 g/mol. The number of hydrogen-bond acceptors (Lipinski definition) is 6. The van der Waals surface area contributed by atoms with E-state index in [9.17, 15) is 23.2 Å². The molecule has 0 bridgehead atoms. The number of thiophene rings is 1. The van der Waals surface area contributed by atoms with Crippen molar-refractivity contribution in [2.75, 3.05) is 0 Å². The minimum absolute atomic E-state index is 0.170. The van der Waals surface area contributed by atoms with Crippen molar-refractivity contribution in [3.63, 3.8) is 0 Å². The Kier molecular flexibility index (Phi) is 9.30. The molecule has 0 radical (unpaired) electrons. The number of rotatable bonds is 11. The van der Waals surface area contributed by atoms with E-state index in [0.29, 0.717) is 16.0 Å². The van der Waals surface area contributed by atoms with Gasteiger partial charge in [0.15, 0.2) is 5.58 Å². The molecule has 0 spiro atoms. The number of amides is 2. The maximum absolute atomic E-state index is 14.8. The van der Waals surface area contributed by atoms with Crippen molar-refractivity contribution in [1.29, 1.82) is 0 Å². The molecule has 47 heavy (non-hydrogen) atoms. The number of carbonyl (C=O) groups is 3. The second-order valence-corrected chi connectivity index (χ2v) is 11.9. The molecular weight excluding hydrogens is 620 g/mol. The summed E-state index contributed by atoms with van der Waals surface area (Å²) in [7, 11) is 0. The number of benzene rings is 4. The van der Waals surface area contributed by atoms with Crippen LogP contribution in [0.4, 0.5) is 8.78 Å². The van der Waals surface area contributed by atoms with Gasteiger partial charge in [-0.2, -0.15) is 0 Å². The summed E-state index contributed by atoms with van der Waals surface area (Å²) in [6.07, 6.45) is -0.324. The van der Waals surface area contributed by atoms with Crippen molar-refractivity contribution < 1.29 is 27.6 Å². The van der Waals surface area contributed by atoms with Gasteiger partial charge in [0.1, 0.15) is 23.2 Å². The van der Waals surface area contributed by atoms with Crippen LogP contribution < -0.4 is 10.6 Å². The molecule has 2 atom stereocenters. The molecule has 2 aromatic heterocycles. The molecule has 0 saturated heterocycles. The average molecular weight is 650 g/mol. The number of oxazole rings is 1. The van der Waals surface area contributed by atoms with E-state index in [-0.39, 0.29) is 17.9 Å². The van der Waals surface area contributed by atoms with Crippen molar-refractivity contribution in [3.8, 4) is 21.6 Å². The molecule has 0 aliphatic rings. The molecule has 236 valence electrons. The van der Waals surface area contributed by atoms with E-state index in [1.165, 1.54) is 17.4 Å². The molecule has 2 heterocycles. The van der Waals surface area contributed by atoms with Gasteiger partial charge in [-0.15, -0.1) is 11.3 Å². The number of aromatic nitrogens is 1. The number of carbonyl (C=O) groups excluding carboxylic acids is 3. The summed E-state index contributed by atoms with van der Waals surface area (Å²) >= 11 is 1.24. The van der Waals surface area contributed by atoms with Gasteiger partial charge in [-0.1, -0.05) is 85.8 Å². The van der Waals surface area contributed by atoms with E-state index in [4.69, 9.17) is 4.42 Å². The normalized spacial score (nSPS) is 12.4. The lowest BCUT2D eigenvalue weighted by atomic mass is 10.0. The number of hydrogen-bond donors (Lipinski definition) is 2. The van der Waals surface area contributed by atoms with Crippen molar-refractivity contribution in [3.05, 3.63) is 137 Å². The third-order valence-electron chi connectivity index (χ3n) is 7.71. The van der Waals surface area contributed by atoms with Crippen LogP contribution in [0.1, 0.15) is 39.3 Å². The van der Waals surface area contributed by atoms with Crippen LogP contribution in [-0.4, -0.2) is 34.7 Å². The van der Waals surface area contributed by atoms with E-state index in [1.807, 2.05) is 60.7 Å². The highest BCUT2D eigenvalue weighted by Gasteiger charge is 2.31. The summed E-state index contributed by atoms with van der Waals surface area (Å²) in [5.74, 6) is -3.87.